The van der Waals surface area contributed by atoms with Gasteiger partial charge in [-0.1, -0.05) is 29.3 Å². The topological polar surface area (TPSA) is 59.0 Å². The molecule has 2 aromatic carbocycles. The summed E-state index contributed by atoms with van der Waals surface area (Å²) >= 11 is 12.1. The molecule has 0 bridgehead atoms. The molecule has 0 aromatic heterocycles. The lowest BCUT2D eigenvalue weighted by Crippen LogP contribution is -1.97. The van der Waals surface area contributed by atoms with Crippen LogP contribution in [-0.2, 0) is 6.61 Å². The third kappa shape index (κ3) is 3.31. The number of hydrogen-bond donors (Lipinski definition) is 1. The molecule has 0 radical (unpaired) electrons. The van der Waals surface area contributed by atoms with Crippen LogP contribution in [0.1, 0.15) is 11.1 Å². The van der Waals surface area contributed by atoms with E-state index >= 15 is 0 Å². The second-order valence-corrected chi connectivity index (χ2v) is 4.71. The molecule has 2 rings (SSSR count). The average Bonchev–Trinajstić information content (AvgIpc) is 2.39. The molecule has 0 heterocycles. The van der Waals surface area contributed by atoms with Gasteiger partial charge in [0.2, 0.25) is 0 Å². The summed E-state index contributed by atoms with van der Waals surface area (Å²) < 4.78 is 5.58. The summed E-state index contributed by atoms with van der Waals surface area (Å²) in [6, 6.07) is 12.1. The van der Waals surface area contributed by atoms with Crippen LogP contribution in [0.2, 0.25) is 10.0 Å². The first-order valence-corrected chi connectivity index (χ1v) is 6.22. The number of rotatable bonds is 3. The second kappa shape index (κ2) is 5.83. The Morgan fingerprint density at radius 1 is 1.11 bits per heavy atom. The first-order valence-electron chi connectivity index (χ1n) is 5.46. The first-order chi connectivity index (χ1) is 9.10. The van der Waals surface area contributed by atoms with Gasteiger partial charge in [-0.05, 0) is 30.3 Å². The zero-order valence-electron chi connectivity index (χ0n) is 9.86. The maximum absolute atomic E-state index is 8.75. The van der Waals surface area contributed by atoms with E-state index in [2.05, 4.69) is 0 Å². The van der Waals surface area contributed by atoms with Gasteiger partial charge in [0.25, 0.3) is 0 Å². The minimum atomic E-state index is 0.272. The summed E-state index contributed by atoms with van der Waals surface area (Å²) in [5, 5.41) is 9.69. The fourth-order valence-electron chi connectivity index (χ4n) is 1.52. The Morgan fingerprint density at radius 3 is 2.53 bits per heavy atom. The van der Waals surface area contributed by atoms with Gasteiger partial charge >= 0.3 is 0 Å². The monoisotopic (exact) mass is 292 g/mol. The maximum atomic E-state index is 8.75. The Balaban J connectivity index is 2.13. The van der Waals surface area contributed by atoms with E-state index in [-0.39, 0.29) is 6.61 Å². The highest BCUT2D eigenvalue weighted by molar-refractivity contribution is 6.32. The number of anilines is 1. The maximum Gasteiger partial charge on any atom is 0.138 e. The van der Waals surface area contributed by atoms with E-state index in [1.54, 1.807) is 36.4 Å². The van der Waals surface area contributed by atoms with Crippen LogP contribution in [0.15, 0.2) is 36.4 Å². The number of halogens is 2. The smallest absolute Gasteiger partial charge is 0.138 e. The Hall–Kier alpha value is -1.89. The molecule has 0 saturated heterocycles. The Morgan fingerprint density at radius 2 is 1.89 bits per heavy atom. The number of benzene rings is 2. The largest absolute Gasteiger partial charge is 0.487 e. The second-order valence-electron chi connectivity index (χ2n) is 3.90. The average molecular weight is 293 g/mol. The van der Waals surface area contributed by atoms with E-state index in [0.717, 1.165) is 5.56 Å². The number of nitriles is 1. The number of ether oxygens (including phenoxy) is 1. The molecule has 5 heteroatoms. The number of nitrogens with two attached hydrogens (primary N) is 1. The number of nitrogens with zero attached hydrogens (tertiary/aromatic N) is 1. The molecule has 2 N–H and O–H groups in total. The molecule has 19 heavy (non-hydrogen) atoms. The van der Waals surface area contributed by atoms with Crippen LogP contribution in [-0.4, -0.2) is 0 Å². The summed E-state index contributed by atoms with van der Waals surface area (Å²) in [5.41, 5.74) is 7.48. The molecule has 2 aromatic rings. The zero-order chi connectivity index (χ0) is 13.8. The number of hydrogen-bond acceptors (Lipinski definition) is 3. The highest BCUT2D eigenvalue weighted by Gasteiger charge is 2.06. The molecule has 3 nitrogen and oxygen atoms in total. The first kappa shape index (κ1) is 13.5. The Labute approximate surface area is 121 Å². The van der Waals surface area contributed by atoms with E-state index in [9.17, 15) is 0 Å². The van der Waals surface area contributed by atoms with Crippen LogP contribution < -0.4 is 10.5 Å². The SMILES string of the molecule is N#Cc1ccc(COc2ccc(N)cc2Cl)c(Cl)c1. The third-order valence-corrected chi connectivity index (χ3v) is 3.17. The van der Waals surface area contributed by atoms with Gasteiger partial charge in [-0.2, -0.15) is 5.26 Å². The lowest BCUT2D eigenvalue weighted by Gasteiger charge is -2.09. The van der Waals surface area contributed by atoms with Gasteiger partial charge in [0.1, 0.15) is 12.4 Å². The molecule has 0 unspecified atom stereocenters. The molecule has 0 aliphatic carbocycles. The molecule has 0 aliphatic heterocycles. The van der Waals surface area contributed by atoms with Crippen LogP contribution in [0.25, 0.3) is 0 Å². The highest BCUT2D eigenvalue weighted by atomic mass is 35.5. The van der Waals surface area contributed by atoms with Gasteiger partial charge in [-0.25, -0.2) is 0 Å². The van der Waals surface area contributed by atoms with E-state index in [1.807, 2.05) is 6.07 Å². The standard InChI is InChI=1S/C14H10Cl2N2O/c15-12-5-9(7-17)1-2-10(12)8-19-14-4-3-11(18)6-13(14)16/h1-6H,8,18H2. The minimum absolute atomic E-state index is 0.272. The minimum Gasteiger partial charge on any atom is -0.487 e. The van der Waals surface area contributed by atoms with Crippen LogP contribution >= 0.6 is 23.2 Å². The number of nitrogen functional groups attached to an aromatic ring is 1. The fraction of sp³-hybridized carbons (Fsp3) is 0.0714. The van der Waals surface area contributed by atoms with Crippen LogP contribution in [0.3, 0.4) is 0 Å². The lowest BCUT2D eigenvalue weighted by molar-refractivity contribution is 0.306. The molecule has 96 valence electrons. The van der Waals surface area contributed by atoms with Crippen molar-refractivity contribution in [2.75, 3.05) is 5.73 Å². The summed E-state index contributed by atoms with van der Waals surface area (Å²) in [4.78, 5) is 0. The van der Waals surface area contributed by atoms with Gasteiger partial charge in [0, 0.05) is 16.3 Å². The molecule has 0 aliphatic rings. The quantitative estimate of drug-likeness (QED) is 0.869. The summed E-state index contributed by atoms with van der Waals surface area (Å²) in [6.45, 7) is 0.272. The summed E-state index contributed by atoms with van der Waals surface area (Å²) in [6.07, 6.45) is 0. The van der Waals surface area contributed by atoms with Gasteiger partial charge in [0.05, 0.1) is 16.7 Å². The molecule has 0 fully saturated rings. The third-order valence-electron chi connectivity index (χ3n) is 2.52. The van der Waals surface area contributed by atoms with Gasteiger partial charge in [0.15, 0.2) is 0 Å². The molecule has 0 atom stereocenters. The zero-order valence-corrected chi connectivity index (χ0v) is 11.4. The van der Waals surface area contributed by atoms with Crippen molar-refractivity contribution in [2.24, 2.45) is 0 Å². The van der Waals surface area contributed by atoms with Gasteiger partial charge in [-0.15, -0.1) is 0 Å². The van der Waals surface area contributed by atoms with Crippen LogP contribution in [0.5, 0.6) is 5.75 Å². The van der Waals surface area contributed by atoms with Crippen molar-refractivity contribution in [3.63, 3.8) is 0 Å². The van der Waals surface area contributed by atoms with Crippen molar-refractivity contribution in [3.05, 3.63) is 57.6 Å². The van der Waals surface area contributed by atoms with E-state index in [4.69, 9.17) is 38.9 Å². The van der Waals surface area contributed by atoms with Crippen molar-refractivity contribution >= 4 is 28.9 Å². The molecular formula is C14H10Cl2N2O. The summed E-state index contributed by atoms with van der Waals surface area (Å²) in [5.74, 6) is 0.538. The van der Waals surface area contributed by atoms with Crippen molar-refractivity contribution in [1.29, 1.82) is 5.26 Å². The van der Waals surface area contributed by atoms with Gasteiger partial charge < -0.3 is 10.5 Å². The normalized spacial score (nSPS) is 9.95. The Kier molecular flexibility index (Phi) is 4.16. The van der Waals surface area contributed by atoms with Crippen molar-refractivity contribution < 1.29 is 4.74 Å². The van der Waals surface area contributed by atoms with Crippen molar-refractivity contribution in [3.8, 4) is 11.8 Å². The van der Waals surface area contributed by atoms with E-state index in [0.29, 0.717) is 27.0 Å². The Bertz CT molecular complexity index is 650. The van der Waals surface area contributed by atoms with Crippen LogP contribution in [0.4, 0.5) is 5.69 Å². The van der Waals surface area contributed by atoms with E-state index < -0.39 is 0 Å². The molecule has 0 amide bonds. The van der Waals surface area contributed by atoms with Crippen molar-refractivity contribution in [2.45, 2.75) is 6.61 Å². The predicted molar refractivity (Wildman–Crippen MR) is 76.4 cm³/mol. The lowest BCUT2D eigenvalue weighted by atomic mass is 10.1. The van der Waals surface area contributed by atoms with Crippen LogP contribution in [0, 0.1) is 11.3 Å². The highest BCUT2D eigenvalue weighted by Crippen LogP contribution is 2.28. The molecule has 0 saturated carbocycles. The fourth-order valence-corrected chi connectivity index (χ4v) is 2.00. The predicted octanol–water partition coefficient (Wildman–Crippen LogP) is 4.03. The van der Waals surface area contributed by atoms with E-state index in [1.165, 1.54) is 0 Å². The van der Waals surface area contributed by atoms with Gasteiger partial charge in [-0.3, -0.25) is 0 Å². The molecule has 0 spiro atoms. The van der Waals surface area contributed by atoms with Crippen molar-refractivity contribution in [1.82, 2.24) is 0 Å². The molecular weight excluding hydrogens is 283 g/mol. The summed E-state index contributed by atoms with van der Waals surface area (Å²) in [7, 11) is 0.